The van der Waals surface area contributed by atoms with Gasteiger partial charge in [-0.25, -0.2) is 0 Å². The summed E-state index contributed by atoms with van der Waals surface area (Å²) in [4.78, 5) is 2.12. The maximum absolute atomic E-state index is 8.71. The number of benzene rings is 1. The Balaban J connectivity index is 2.47. The topological polar surface area (TPSA) is 36.3 Å². The van der Waals surface area contributed by atoms with E-state index >= 15 is 0 Å². The van der Waals surface area contributed by atoms with Crippen molar-refractivity contribution in [1.29, 1.82) is 5.26 Å². The molecule has 0 amide bonds. The van der Waals surface area contributed by atoms with Crippen molar-refractivity contribution in [3.8, 4) is 6.07 Å². The van der Waals surface area contributed by atoms with Crippen LogP contribution in [0.3, 0.4) is 0 Å². The quantitative estimate of drug-likeness (QED) is 0.801. The van der Waals surface area contributed by atoms with Gasteiger partial charge in [0.15, 0.2) is 0 Å². The average Bonchev–Trinajstić information content (AvgIpc) is 2.27. The van der Waals surface area contributed by atoms with Crippen LogP contribution in [-0.4, -0.2) is 25.8 Å². The van der Waals surface area contributed by atoms with E-state index in [0.29, 0.717) is 12.2 Å². The minimum Gasteiger partial charge on any atom is -0.374 e. The predicted octanol–water partition coefficient (Wildman–Crippen LogP) is 2.81. The lowest BCUT2D eigenvalue weighted by molar-refractivity contribution is 0.00168. The molecule has 0 atom stereocenters. The van der Waals surface area contributed by atoms with Gasteiger partial charge in [-0.05, 0) is 45.0 Å². The number of nitrogens with zero attached hydrogens (tertiary/aromatic N) is 2. The van der Waals surface area contributed by atoms with Crippen LogP contribution in [0.25, 0.3) is 0 Å². The molecule has 92 valence electrons. The van der Waals surface area contributed by atoms with E-state index in [9.17, 15) is 0 Å². The molecular formula is C14H20N2O. The number of hydrogen-bond donors (Lipinski definition) is 0. The Morgan fingerprint density at radius 2 is 1.82 bits per heavy atom. The number of anilines is 1. The first-order valence-electron chi connectivity index (χ1n) is 5.77. The van der Waals surface area contributed by atoms with Crippen molar-refractivity contribution in [2.75, 3.05) is 25.1 Å². The largest absolute Gasteiger partial charge is 0.374 e. The van der Waals surface area contributed by atoms with Crippen molar-refractivity contribution >= 4 is 5.69 Å². The number of hydrogen-bond acceptors (Lipinski definition) is 3. The number of ether oxygens (including phenoxy) is 1. The Bertz CT molecular complexity index is 384. The van der Waals surface area contributed by atoms with E-state index in [1.54, 1.807) is 0 Å². The van der Waals surface area contributed by atoms with Gasteiger partial charge in [-0.3, -0.25) is 0 Å². The monoisotopic (exact) mass is 232 g/mol. The maximum Gasteiger partial charge on any atom is 0.0991 e. The summed E-state index contributed by atoms with van der Waals surface area (Å²) in [7, 11) is 2.02. The molecule has 3 heteroatoms. The van der Waals surface area contributed by atoms with Gasteiger partial charge in [0.1, 0.15) is 0 Å². The highest BCUT2D eigenvalue weighted by molar-refractivity contribution is 5.48. The Hall–Kier alpha value is -1.53. The number of nitriles is 1. The van der Waals surface area contributed by atoms with E-state index in [1.807, 2.05) is 31.3 Å². The molecule has 0 aliphatic carbocycles. The number of likely N-dealkylation sites (N-methyl/N-ethyl adjacent to an activating group) is 1. The van der Waals surface area contributed by atoms with Crippen molar-refractivity contribution < 1.29 is 4.74 Å². The van der Waals surface area contributed by atoms with Gasteiger partial charge in [-0.15, -0.1) is 0 Å². The molecule has 3 nitrogen and oxygen atoms in total. The normalized spacial score (nSPS) is 11.0. The summed E-state index contributed by atoms with van der Waals surface area (Å²) in [5.41, 5.74) is 1.69. The van der Waals surface area contributed by atoms with E-state index in [0.717, 1.165) is 12.2 Å². The van der Waals surface area contributed by atoms with Gasteiger partial charge in [0.2, 0.25) is 0 Å². The van der Waals surface area contributed by atoms with Crippen LogP contribution < -0.4 is 4.90 Å². The highest BCUT2D eigenvalue weighted by Crippen LogP contribution is 2.13. The summed E-state index contributed by atoms with van der Waals surface area (Å²) in [6.45, 7) is 7.68. The summed E-state index contributed by atoms with van der Waals surface area (Å²) in [6, 6.07) is 9.68. The minimum atomic E-state index is -0.0918. The van der Waals surface area contributed by atoms with Gasteiger partial charge in [0, 0.05) is 19.3 Å². The van der Waals surface area contributed by atoms with Gasteiger partial charge in [-0.1, -0.05) is 0 Å². The molecule has 0 saturated heterocycles. The number of rotatable bonds is 4. The van der Waals surface area contributed by atoms with Crippen LogP contribution in [-0.2, 0) is 4.74 Å². The third-order valence-electron chi connectivity index (χ3n) is 2.40. The lowest BCUT2D eigenvalue weighted by Gasteiger charge is -2.24. The molecule has 0 aromatic heterocycles. The molecule has 1 aromatic carbocycles. The Morgan fingerprint density at radius 1 is 1.24 bits per heavy atom. The molecule has 0 radical (unpaired) electrons. The fourth-order valence-electron chi connectivity index (χ4n) is 1.41. The molecule has 0 aliphatic rings. The summed E-state index contributed by atoms with van der Waals surface area (Å²) in [5.74, 6) is 0. The molecule has 0 spiro atoms. The summed E-state index contributed by atoms with van der Waals surface area (Å²) in [6.07, 6.45) is 0. The van der Waals surface area contributed by atoms with Gasteiger partial charge >= 0.3 is 0 Å². The van der Waals surface area contributed by atoms with E-state index in [2.05, 4.69) is 31.7 Å². The molecule has 0 unspecified atom stereocenters. The van der Waals surface area contributed by atoms with Crippen LogP contribution in [0.15, 0.2) is 24.3 Å². The maximum atomic E-state index is 8.71. The molecule has 0 fully saturated rings. The van der Waals surface area contributed by atoms with Gasteiger partial charge < -0.3 is 9.64 Å². The zero-order chi connectivity index (χ0) is 12.9. The van der Waals surface area contributed by atoms with Crippen LogP contribution in [0.2, 0.25) is 0 Å². The van der Waals surface area contributed by atoms with Crippen LogP contribution >= 0.6 is 0 Å². The predicted molar refractivity (Wildman–Crippen MR) is 70.1 cm³/mol. The van der Waals surface area contributed by atoms with E-state index in [4.69, 9.17) is 10.00 Å². The Labute approximate surface area is 104 Å². The third kappa shape index (κ3) is 4.88. The van der Waals surface area contributed by atoms with Crippen molar-refractivity contribution in [1.82, 2.24) is 0 Å². The van der Waals surface area contributed by atoms with Gasteiger partial charge in [0.05, 0.1) is 23.8 Å². The fourth-order valence-corrected chi connectivity index (χ4v) is 1.41. The van der Waals surface area contributed by atoms with E-state index < -0.39 is 0 Å². The lowest BCUT2D eigenvalue weighted by Crippen LogP contribution is -2.28. The van der Waals surface area contributed by atoms with Crippen LogP contribution in [0.1, 0.15) is 26.3 Å². The molecule has 0 aliphatic heterocycles. The molecule has 0 saturated carbocycles. The van der Waals surface area contributed by atoms with E-state index in [1.165, 1.54) is 0 Å². The average molecular weight is 232 g/mol. The molecule has 1 rings (SSSR count). The van der Waals surface area contributed by atoms with Crippen LogP contribution in [0.5, 0.6) is 0 Å². The van der Waals surface area contributed by atoms with Crippen LogP contribution in [0.4, 0.5) is 5.69 Å². The van der Waals surface area contributed by atoms with Crippen molar-refractivity contribution in [2.45, 2.75) is 26.4 Å². The first kappa shape index (κ1) is 13.5. The third-order valence-corrected chi connectivity index (χ3v) is 2.40. The first-order valence-corrected chi connectivity index (χ1v) is 5.77. The second-order valence-corrected chi connectivity index (χ2v) is 5.04. The SMILES string of the molecule is CN(CCOC(C)(C)C)c1ccc(C#N)cc1. The summed E-state index contributed by atoms with van der Waals surface area (Å²) in [5, 5.41) is 8.71. The Morgan fingerprint density at radius 3 is 2.29 bits per heavy atom. The fraction of sp³-hybridized carbons (Fsp3) is 0.500. The highest BCUT2D eigenvalue weighted by Gasteiger charge is 2.10. The zero-order valence-corrected chi connectivity index (χ0v) is 11.0. The summed E-state index contributed by atoms with van der Waals surface area (Å²) >= 11 is 0. The molecule has 0 bridgehead atoms. The standard InChI is InChI=1S/C14H20N2O/c1-14(2,3)17-10-9-16(4)13-7-5-12(11-15)6-8-13/h5-8H,9-10H2,1-4H3. The molecule has 1 aromatic rings. The summed E-state index contributed by atoms with van der Waals surface area (Å²) < 4.78 is 5.67. The molecule has 17 heavy (non-hydrogen) atoms. The molecule has 0 heterocycles. The highest BCUT2D eigenvalue weighted by atomic mass is 16.5. The zero-order valence-electron chi connectivity index (χ0n) is 11.0. The second-order valence-electron chi connectivity index (χ2n) is 5.04. The van der Waals surface area contributed by atoms with Gasteiger partial charge in [-0.2, -0.15) is 5.26 Å². The van der Waals surface area contributed by atoms with Crippen molar-refractivity contribution in [2.24, 2.45) is 0 Å². The first-order chi connectivity index (χ1) is 7.92. The Kier molecular flexibility index (Phi) is 4.53. The van der Waals surface area contributed by atoms with Crippen LogP contribution in [0, 0.1) is 11.3 Å². The second kappa shape index (κ2) is 5.70. The molecular weight excluding hydrogens is 212 g/mol. The van der Waals surface area contributed by atoms with Crippen molar-refractivity contribution in [3.63, 3.8) is 0 Å². The minimum absolute atomic E-state index is 0.0918. The molecule has 0 N–H and O–H groups in total. The van der Waals surface area contributed by atoms with Crippen molar-refractivity contribution in [3.05, 3.63) is 29.8 Å². The van der Waals surface area contributed by atoms with Gasteiger partial charge in [0.25, 0.3) is 0 Å². The lowest BCUT2D eigenvalue weighted by atomic mass is 10.2. The smallest absolute Gasteiger partial charge is 0.0991 e. The van der Waals surface area contributed by atoms with E-state index in [-0.39, 0.29) is 5.60 Å².